The second-order valence-electron chi connectivity index (χ2n) is 5.37. The summed E-state index contributed by atoms with van der Waals surface area (Å²) < 4.78 is 5.36. The van der Waals surface area contributed by atoms with E-state index in [1.54, 1.807) is 7.05 Å². The van der Waals surface area contributed by atoms with E-state index in [2.05, 4.69) is 17.3 Å². The Labute approximate surface area is 110 Å². The van der Waals surface area contributed by atoms with Crippen molar-refractivity contribution in [1.29, 1.82) is 0 Å². The molecule has 18 heavy (non-hydrogen) atoms. The van der Waals surface area contributed by atoms with Crippen LogP contribution >= 0.6 is 0 Å². The number of nitrogens with one attached hydrogen (secondary N) is 1. The van der Waals surface area contributed by atoms with Gasteiger partial charge in [0.25, 0.3) is 0 Å². The van der Waals surface area contributed by atoms with Crippen molar-refractivity contribution < 1.29 is 9.53 Å². The van der Waals surface area contributed by atoms with Gasteiger partial charge in [-0.05, 0) is 53.2 Å². The average molecular weight is 257 g/mol. The molecule has 1 rings (SSSR count). The highest BCUT2D eigenvalue weighted by molar-refractivity contribution is 5.84. The molecule has 106 valence electrons. The number of amides is 1. The van der Waals surface area contributed by atoms with Crippen LogP contribution in [-0.2, 0) is 9.53 Å². The van der Waals surface area contributed by atoms with Crippen LogP contribution < -0.4 is 11.1 Å². The van der Waals surface area contributed by atoms with Gasteiger partial charge in [-0.1, -0.05) is 0 Å². The van der Waals surface area contributed by atoms with Gasteiger partial charge in [0.2, 0.25) is 5.91 Å². The van der Waals surface area contributed by atoms with Crippen molar-refractivity contribution in [2.75, 3.05) is 33.9 Å². The summed E-state index contributed by atoms with van der Waals surface area (Å²) in [6, 6.07) is 0.619. The van der Waals surface area contributed by atoms with E-state index in [0.29, 0.717) is 6.04 Å². The minimum absolute atomic E-state index is 0.279. The summed E-state index contributed by atoms with van der Waals surface area (Å²) in [5.74, 6) is -0.279. The summed E-state index contributed by atoms with van der Waals surface area (Å²) in [7, 11) is 3.93. The SMILES string of the molecule is CNC(C)(CCCN(C)C1CCOCC1)C(N)=O. The Kier molecular flexibility index (Phi) is 6.05. The van der Waals surface area contributed by atoms with E-state index in [1.165, 1.54) is 0 Å². The molecule has 1 amide bonds. The summed E-state index contributed by atoms with van der Waals surface area (Å²) in [5, 5.41) is 3.02. The molecule has 3 N–H and O–H groups in total. The van der Waals surface area contributed by atoms with Crippen molar-refractivity contribution in [2.24, 2.45) is 5.73 Å². The Morgan fingerprint density at radius 1 is 1.50 bits per heavy atom. The monoisotopic (exact) mass is 257 g/mol. The van der Waals surface area contributed by atoms with Crippen LogP contribution in [-0.4, -0.2) is 56.2 Å². The lowest BCUT2D eigenvalue weighted by molar-refractivity contribution is -0.123. The van der Waals surface area contributed by atoms with E-state index in [1.807, 2.05) is 6.92 Å². The zero-order chi connectivity index (χ0) is 13.6. The van der Waals surface area contributed by atoms with Crippen molar-refractivity contribution in [3.63, 3.8) is 0 Å². The van der Waals surface area contributed by atoms with Crippen LogP contribution in [0.2, 0.25) is 0 Å². The molecule has 1 unspecified atom stereocenters. The van der Waals surface area contributed by atoms with E-state index in [-0.39, 0.29) is 5.91 Å². The number of hydrogen-bond acceptors (Lipinski definition) is 4. The first-order valence-corrected chi connectivity index (χ1v) is 6.76. The fourth-order valence-electron chi connectivity index (χ4n) is 2.36. The number of hydrogen-bond donors (Lipinski definition) is 2. The van der Waals surface area contributed by atoms with Gasteiger partial charge in [-0.25, -0.2) is 0 Å². The van der Waals surface area contributed by atoms with E-state index in [0.717, 1.165) is 45.4 Å². The Balaban J connectivity index is 2.29. The van der Waals surface area contributed by atoms with Gasteiger partial charge in [-0.3, -0.25) is 4.79 Å². The largest absolute Gasteiger partial charge is 0.381 e. The molecule has 1 saturated heterocycles. The smallest absolute Gasteiger partial charge is 0.237 e. The molecule has 0 aromatic carbocycles. The number of likely N-dealkylation sites (N-methyl/N-ethyl adjacent to an activating group) is 1. The fourth-order valence-corrected chi connectivity index (χ4v) is 2.36. The Morgan fingerprint density at radius 2 is 2.11 bits per heavy atom. The van der Waals surface area contributed by atoms with Crippen molar-refractivity contribution in [3.8, 4) is 0 Å². The number of nitrogens with zero attached hydrogens (tertiary/aromatic N) is 1. The predicted molar refractivity (Wildman–Crippen MR) is 72.4 cm³/mol. The maximum atomic E-state index is 11.4. The molecular formula is C13H27N3O2. The van der Waals surface area contributed by atoms with E-state index in [4.69, 9.17) is 10.5 Å². The van der Waals surface area contributed by atoms with Crippen molar-refractivity contribution in [3.05, 3.63) is 0 Å². The molecule has 5 nitrogen and oxygen atoms in total. The highest BCUT2D eigenvalue weighted by atomic mass is 16.5. The third-order valence-electron chi connectivity index (χ3n) is 4.10. The van der Waals surface area contributed by atoms with Crippen LogP contribution in [0.25, 0.3) is 0 Å². The van der Waals surface area contributed by atoms with Crippen LogP contribution in [0.15, 0.2) is 0 Å². The molecule has 5 heteroatoms. The minimum atomic E-state index is -0.587. The topological polar surface area (TPSA) is 67.6 Å². The summed E-state index contributed by atoms with van der Waals surface area (Å²) in [6.45, 7) is 4.59. The number of carbonyl (C=O) groups excluding carboxylic acids is 1. The molecule has 0 saturated carbocycles. The lowest BCUT2D eigenvalue weighted by Crippen LogP contribution is -2.51. The summed E-state index contributed by atoms with van der Waals surface area (Å²) in [4.78, 5) is 13.7. The molecule has 1 fully saturated rings. The van der Waals surface area contributed by atoms with Gasteiger partial charge < -0.3 is 20.7 Å². The molecule has 0 aromatic heterocycles. The molecule has 1 aliphatic heterocycles. The second-order valence-corrected chi connectivity index (χ2v) is 5.37. The third kappa shape index (κ3) is 4.23. The van der Waals surface area contributed by atoms with E-state index in [9.17, 15) is 4.79 Å². The number of primary amides is 1. The first-order chi connectivity index (χ1) is 8.49. The van der Waals surface area contributed by atoms with Crippen LogP contribution in [0.5, 0.6) is 0 Å². The van der Waals surface area contributed by atoms with Gasteiger partial charge in [0.15, 0.2) is 0 Å². The van der Waals surface area contributed by atoms with E-state index >= 15 is 0 Å². The van der Waals surface area contributed by atoms with Crippen LogP contribution in [0, 0.1) is 0 Å². The molecule has 0 bridgehead atoms. The molecular weight excluding hydrogens is 230 g/mol. The van der Waals surface area contributed by atoms with Gasteiger partial charge in [0.05, 0.1) is 5.54 Å². The van der Waals surface area contributed by atoms with E-state index < -0.39 is 5.54 Å². The summed E-state index contributed by atoms with van der Waals surface area (Å²) in [5.41, 5.74) is 4.82. The highest BCUT2D eigenvalue weighted by Gasteiger charge is 2.28. The molecule has 0 spiro atoms. The van der Waals surface area contributed by atoms with Crippen molar-refractivity contribution in [2.45, 2.75) is 44.2 Å². The fraction of sp³-hybridized carbons (Fsp3) is 0.923. The molecule has 0 aromatic rings. The van der Waals surface area contributed by atoms with Gasteiger partial charge >= 0.3 is 0 Å². The lowest BCUT2D eigenvalue weighted by Gasteiger charge is -2.32. The third-order valence-corrected chi connectivity index (χ3v) is 4.10. The summed E-state index contributed by atoms with van der Waals surface area (Å²) >= 11 is 0. The maximum Gasteiger partial charge on any atom is 0.237 e. The molecule has 1 atom stereocenters. The number of nitrogens with two attached hydrogens (primary N) is 1. The van der Waals surface area contributed by atoms with Crippen LogP contribution in [0.1, 0.15) is 32.6 Å². The normalized spacial score (nSPS) is 20.9. The quantitative estimate of drug-likeness (QED) is 0.690. The minimum Gasteiger partial charge on any atom is -0.381 e. The first-order valence-electron chi connectivity index (χ1n) is 6.76. The van der Waals surface area contributed by atoms with Crippen LogP contribution in [0.3, 0.4) is 0 Å². The zero-order valence-corrected chi connectivity index (χ0v) is 11.9. The Hall–Kier alpha value is -0.650. The first kappa shape index (κ1) is 15.4. The van der Waals surface area contributed by atoms with Crippen molar-refractivity contribution >= 4 is 5.91 Å². The van der Waals surface area contributed by atoms with Gasteiger partial charge in [-0.2, -0.15) is 0 Å². The lowest BCUT2D eigenvalue weighted by atomic mass is 9.95. The van der Waals surface area contributed by atoms with Gasteiger partial charge in [-0.15, -0.1) is 0 Å². The maximum absolute atomic E-state index is 11.4. The highest BCUT2D eigenvalue weighted by Crippen LogP contribution is 2.16. The number of ether oxygens (including phenoxy) is 1. The molecule has 0 radical (unpaired) electrons. The molecule has 1 aliphatic rings. The Bertz CT molecular complexity index is 267. The van der Waals surface area contributed by atoms with Gasteiger partial charge in [0, 0.05) is 19.3 Å². The predicted octanol–water partition coefficient (Wildman–Crippen LogP) is 0.341. The second kappa shape index (κ2) is 7.07. The number of rotatable bonds is 7. The Morgan fingerprint density at radius 3 is 2.61 bits per heavy atom. The van der Waals surface area contributed by atoms with Crippen LogP contribution in [0.4, 0.5) is 0 Å². The number of carbonyl (C=O) groups is 1. The summed E-state index contributed by atoms with van der Waals surface area (Å²) in [6.07, 6.45) is 3.95. The molecule has 0 aliphatic carbocycles. The average Bonchev–Trinajstić information content (AvgIpc) is 2.39. The standard InChI is InChI=1S/C13H27N3O2/c1-13(15-2,12(14)17)7-4-8-16(3)11-5-9-18-10-6-11/h11,15H,4-10H2,1-3H3,(H2,14,17). The van der Waals surface area contributed by atoms with Crippen molar-refractivity contribution in [1.82, 2.24) is 10.2 Å². The van der Waals surface area contributed by atoms with Gasteiger partial charge in [0.1, 0.15) is 0 Å². The zero-order valence-electron chi connectivity index (χ0n) is 11.9. The molecule has 1 heterocycles.